The van der Waals surface area contributed by atoms with Gasteiger partial charge in [-0.1, -0.05) is 13.8 Å². The van der Waals surface area contributed by atoms with Gasteiger partial charge in [0.05, 0.1) is 0 Å². The van der Waals surface area contributed by atoms with E-state index in [1.165, 1.54) is 0 Å². The van der Waals surface area contributed by atoms with Crippen LogP contribution >= 0.6 is 0 Å². The van der Waals surface area contributed by atoms with E-state index in [9.17, 15) is 8.78 Å². The summed E-state index contributed by atoms with van der Waals surface area (Å²) in [5, 5.41) is 0. The van der Waals surface area contributed by atoms with Crippen LogP contribution in [0.1, 0.15) is 26.7 Å². The van der Waals surface area contributed by atoms with Gasteiger partial charge >= 0.3 is 0 Å². The molecule has 0 amide bonds. The molecule has 1 atom stereocenters. The van der Waals surface area contributed by atoms with Crippen molar-refractivity contribution in [2.75, 3.05) is 6.54 Å². The van der Waals surface area contributed by atoms with Gasteiger partial charge in [-0.2, -0.15) is 0 Å². The first kappa shape index (κ1) is 10.8. The third-order valence-corrected chi connectivity index (χ3v) is 1.67. The first-order chi connectivity index (χ1) is 5.07. The van der Waals surface area contributed by atoms with E-state index in [4.69, 9.17) is 5.73 Å². The lowest BCUT2D eigenvalue weighted by Crippen LogP contribution is -2.18. The second kappa shape index (κ2) is 5.47. The standard InChI is InChI=1S/C8H17F2N/c1-6(2)5-7(3-4-11)8(9)10/h6-8H,3-5,11H2,1-2H3. The highest BCUT2D eigenvalue weighted by atomic mass is 19.3. The number of hydrogen-bond acceptors (Lipinski definition) is 1. The SMILES string of the molecule is CC(C)CC(CCN)C(F)F. The zero-order valence-electron chi connectivity index (χ0n) is 7.19. The Kier molecular flexibility index (Phi) is 5.38. The van der Waals surface area contributed by atoms with Gasteiger partial charge < -0.3 is 5.73 Å². The average molecular weight is 165 g/mol. The predicted octanol–water partition coefficient (Wildman–Crippen LogP) is 2.26. The van der Waals surface area contributed by atoms with Crippen LogP contribution in [-0.4, -0.2) is 13.0 Å². The van der Waals surface area contributed by atoms with E-state index in [-0.39, 0.29) is 0 Å². The fourth-order valence-corrected chi connectivity index (χ4v) is 1.17. The summed E-state index contributed by atoms with van der Waals surface area (Å²) in [7, 11) is 0. The van der Waals surface area contributed by atoms with Crippen LogP contribution < -0.4 is 5.73 Å². The molecule has 0 aromatic rings. The summed E-state index contributed by atoms with van der Waals surface area (Å²) >= 11 is 0. The van der Waals surface area contributed by atoms with E-state index >= 15 is 0 Å². The highest BCUT2D eigenvalue weighted by molar-refractivity contribution is 4.64. The maximum atomic E-state index is 12.2. The molecule has 0 fully saturated rings. The quantitative estimate of drug-likeness (QED) is 0.664. The normalized spacial score (nSPS) is 14.5. The van der Waals surface area contributed by atoms with Crippen molar-refractivity contribution < 1.29 is 8.78 Å². The van der Waals surface area contributed by atoms with E-state index in [1.54, 1.807) is 0 Å². The van der Waals surface area contributed by atoms with Crippen LogP contribution in [0, 0.1) is 11.8 Å². The molecular weight excluding hydrogens is 148 g/mol. The molecule has 0 aliphatic heterocycles. The Bertz CT molecular complexity index is 94.1. The zero-order chi connectivity index (χ0) is 8.85. The van der Waals surface area contributed by atoms with Gasteiger partial charge in [0.15, 0.2) is 0 Å². The van der Waals surface area contributed by atoms with Crippen molar-refractivity contribution >= 4 is 0 Å². The van der Waals surface area contributed by atoms with Gasteiger partial charge in [0.25, 0.3) is 0 Å². The van der Waals surface area contributed by atoms with Crippen LogP contribution in [-0.2, 0) is 0 Å². The molecule has 0 saturated heterocycles. The van der Waals surface area contributed by atoms with E-state index in [0.717, 1.165) is 0 Å². The molecule has 0 aromatic carbocycles. The molecule has 11 heavy (non-hydrogen) atoms. The predicted molar refractivity (Wildman–Crippen MR) is 42.6 cm³/mol. The van der Waals surface area contributed by atoms with Crippen LogP contribution in [0.3, 0.4) is 0 Å². The Morgan fingerprint density at radius 2 is 1.82 bits per heavy atom. The highest BCUT2D eigenvalue weighted by Crippen LogP contribution is 2.21. The van der Waals surface area contributed by atoms with Crippen LogP contribution in [0.15, 0.2) is 0 Å². The first-order valence-electron chi connectivity index (χ1n) is 4.06. The van der Waals surface area contributed by atoms with E-state index in [2.05, 4.69) is 0 Å². The Balaban J connectivity index is 3.69. The van der Waals surface area contributed by atoms with Gasteiger partial charge in [-0.3, -0.25) is 0 Å². The molecule has 1 nitrogen and oxygen atoms in total. The number of nitrogens with two attached hydrogens (primary N) is 1. The summed E-state index contributed by atoms with van der Waals surface area (Å²) in [4.78, 5) is 0. The van der Waals surface area contributed by atoms with Crippen molar-refractivity contribution in [1.82, 2.24) is 0 Å². The zero-order valence-corrected chi connectivity index (χ0v) is 7.19. The molecule has 0 rings (SSSR count). The summed E-state index contributed by atoms with van der Waals surface area (Å²) in [6.07, 6.45) is -1.19. The van der Waals surface area contributed by atoms with Gasteiger partial charge in [0.2, 0.25) is 6.43 Å². The molecule has 2 N–H and O–H groups in total. The van der Waals surface area contributed by atoms with E-state index in [0.29, 0.717) is 25.3 Å². The lowest BCUT2D eigenvalue weighted by atomic mass is 9.95. The number of halogens is 2. The van der Waals surface area contributed by atoms with Crippen LogP contribution in [0.5, 0.6) is 0 Å². The molecule has 0 bridgehead atoms. The number of rotatable bonds is 5. The first-order valence-corrected chi connectivity index (χ1v) is 4.06. The van der Waals surface area contributed by atoms with Crippen molar-refractivity contribution in [3.8, 4) is 0 Å². The Hall–Kier alpha value is -0.180. The Labute approximate surface area is 67.0 Å². The average Bonchev–Trinajstić information content (AvgIpc) is 1.86. The molecule has 1 unspecified atom stereocenters. The summed E-state index contributed by atoms with van der Waals surface area (Å²) in [6.45, 7) is 4.26. The molecule has 0 radical (unpaired) electrons. The summed E-state index contributed by atoms with van der Waals surface area (Å²) < 4.78 is 24.4. The van der Waals surface area contributed by atoms with Gasteiger partial charge in [-0.25, -0.2) is 8.78 Å². The minimum atomic E-state index is -2.21. The second-order valence-electron chi connectivity index (χ2n) is 3.30. The Morgan fingerprint density at radius 1 is 1.27 bits per heavy atom. The van der Waals surface area contributed by atoms with Crippen LogP contribution in [0.4, 0.5) is 8.78 Å². The topological polar surface area (TPSA) is 26.0 Å². The van der Waals surface area contributed by atoms with Crippen LogP contribution in [0.25, 0.3) is 0 Å². The maximum absolute atomic E-state index is 12.2. The van der Waals surface area contributed by atoms with Gasteiger partial charge in [-0.05, 0) is 25.3 Å². The second-order valence-corrected chi connectivity index (χ2v) is 3.30. The van der Waals surface area contributed by atoms with Gasteiger partial charge in [0, 0.05) is 5.92 Å². The monoisotopic (exact) mass is 165 g/mol. The largest absolute Gasteiger partial charge is 0.330 e. The minimum absolute atomic E-state index is 0.334. The van der Waals surface area contributed by atoms with Crippen molar-refractivity contribution in [2.45, 2.75) is 33.1 Å². The van der Waals surface area contributed by atoms with E-state index in [1.807, 2.05) is 13.8 Å². The lowest BCUT2D eigenvalue weighted by Gasteiger charge is -2.16. The van der Waals surface area contributed by atoms with Gasteiger partial charge in [-0.15, -0.1) is 0 Å². The number of hydrogen-bond donors (Lipinski definition) is 1. The Morgan fingerprint density at radius 3 is 2.09 bits per heavy atom. The highest BCUT2D eigenvalue weighted by Gasteiger charge is 2.19. The number of alkyl halides is 2. The molecule has 0 aliphatic rings. The van der Waals surface area contributed by atoms with Crippen LogP contribution in [0.2, 0.25) is 0 Å². The van der Waals surface area contributed by atoms with Crippen molar-refractivity contribution in [3.05, 3.63) is 0 Å². The molecule has 3 heteroatoms. The minimum Gasteiger partial charge on any atom is -0.330 e. The van der Waals surface area contributed by atoms with Gasteiger partial charge in [0.1, 0.15) is 0 Å². The summed E-state index contributed by atoms with van der Waals surface area (Å²) in [5.74, 6) is -0.166. The lowest BCUT2D eigenvalue weighted by molar-refractivity contribution is 0.0619. The fraction of sp³-hybridized carbons (Fsp3) is 1.00. The van der Waals surface area contributed by atoms with Crippen molar-refractivity contribution in [3.63, 3.8) is 0 Å². The van der Waals surface area contributed by atoms with Crippen molar-refractivity contribution in [2.24, 2.45) is 17.6 Å². The van der Waals surface area contributed by atoms with E-state index < -0.39 is 12.3 Å². The smallest absolute Gasteiger partial charge is 0.241 e. The molecule has 0 heterocycles. The fourth-order valence-electron chi connectivity index (χ4n) is 1.17. The molecule has 68 valence electrons. The molecule has 0 aliphatic carbocycles. The van der Waals surface area contributed by atoms with Crippen molar-refractivity contribution in [1.29, 1.82) is 0 Å². The molecule has 0 saturated carbocycles. The summed E-state index contributed by atoms with van der Waals surface area (Å²) in [6, 6.07) is 0. The maximum Gasteiger partial charge on any atom is 0.241 e. The molecule has 0 spiro atoms. The third-order valence-electron chi connectivity index (χ3n) is 1.67. The third kappa shape index (κ3) is 5.13. The molecular formula is C8H17F2N. The molecule has 0 aromatic heterocycles. The summed E-state index contributed by atoms with van der Waals surface area (Å²) in [5.41, 5.74) is 5.21.